The Balaban J connectivity index is 1.72. The van der Waals surface area contributed by atoms with Crippen LogP contribution in [0.3, 0.4) is 0 Å². The third kappa shape index (κ3) is 3.58. The van der Waals surface area contributed by atoms with Gasteiger partial charge in [0.2, 0.25) is 0 Å². The number of tetrazole rings is 1. The van der Waals surface area contributed by atoms with E-state index in [0.29, 0.717) is 10.7 Å². The Kier molecular flexibility index (Phi) is 4.83. The number of nitrogens with zero attached hydrogens (tertiary/aromatic N) is 4. The van der Waals surface area contributed by atoms with Crippen molar-refractivity contribution in [1.82, 2.24) is 25.5 Å². The van der Waals surface area contributed by atoms with Gasteiger partial charge >= 0.3 is 0 Å². The van der Waals surface area contributed by atoms with E-state index in [4.69, 9.17) is 11.6 Å². The van der Waals surface area contributed by atoms with Gasteiger partial charge in [0.25, 0.3) is 5.91 Å². The highest BCUT2D eigenvalue weighted by molar-refractivity contribution is 6.33. The number of amides is 1. The zero-order valence-electron chi connectivity index (χ0n) is 12.5. The third-order valence-electron chi connectivity index (χ3n) is 3.45. The summed E-state index contributed by atoms with van der Waals surface area (Å²) >= 11 is 6.10. The van der Waals surface area contributed by atoms with E-state index in [1.165, 1.54) is 11.0 Å². The summed E-state index contributed by atoms with van der Waals surface area (Å²) in [7, 11) is 0. The molecule has 2 aromatic carbocycles. The molecule has 122 valence electrons. The van der Waals surface area contributed by atoms with Crippen LogP contribution in [0.1, 0.15) is 22.0 Å². The molecule has 1 heterocycles. The second kappa shape index (κ2) is 7.20. The van der Waals surface area contributed by atoms with Gasteiger partial charge in [0.1, 0.15) is 6.33 Å². The van der Waals surface area contributed by atoms with E-state index < -0.39 is 6.10 Å². The molecule has 1 unspecified atom stereocenters. The molecule has 7 nitrogen and oxygen atoms in total. The number of aromatic nitrogens is 4. The number of carbonyl (C=O) groups excluding carboxylic acids is 1. The van der Waals surface area contributed by atoms with Crippen molar-refractivity contribution in [1.29, 1.82) is 0 Å². The number of benzene rings is 2. The van der Waals surface area contributed by atoms with E-state index in [-0.39, 0.29) is 18.0 Å². The number of aliphatic hydroxyl groups is 1. The molecule has 8 heteroatoms. The first-order valence-corrected chi connectivity index (χ1v) is 7.57. The molecule has 2 N–H and O–H groups in total. The molecule has 0 saturated heterocycles. The molecule has 0 spiro atoms. The number of rotatable bonds is 5. The van der Waals surface area contributed by atoms with E-state index in [9.17, 15) is 9.90 Å². The SMILES string of the molecule is O=C(NCC(O)c1ccccc1)c1cc(-n2cnnn2)ccc1Cl. The topological polar surface area (TPSA) is 92.9 Å². The lowest BCUT2D eigenvalue weighted by Crippen LogP contribution is -2.28. The molecule has 1 atom stereocenters. The standard InChI is InChI=1S/C16H14ClN5O2/c17-14-7-6-12(22-10-19-20-21-22)8-13(14)16(24)18-9-15(23)11-4-2-1-3-5-11/h1-8,10,15,23H,9H2,(H,18,24). The van der Waals surface area contributed by atoms with Crippen molar-refractivity contribution in [3.63, 3.8) is 0 Å². The molecule has 0 aliphatic carbocycles. The van der Waals surface area contributed by atoms with Crippen LogP contribution < -0.4 is 5.32 Å². The zero-order valence-corrected chi connectivity index (χ0v) is 13.3. The summed E-state index contributed by atoms with van der Waals surface area (Å²) in [6, 6.07) is 14.0. The van der Waals surface area contributed by atoms with Gasteiger partial charge in [-0.05, 0) is 34.2 Å². The van der Waals surface area contributed by atoms with Crippen LogP contribution in [-0.2, 0) is 0 Å². The molecule has 3 aromatic rings. The Bertz CT molecular complexity index is 824. The quantitative estimate of drug-likeness (QED) is 0.736. The highest BCUT2D eigenvalue weighted by atomic mass is 35.5. The molecule has 0 aliphatic rings. The summed E-state index contributed by atoms with van der Waals surface area (Å²) in [6.45, 7) is 0.0777. The lowest BCUT2D eigenvalue weighted by molar-refractivity contribution is 0.0916. The van der Waals surface area contributed by atoms with E-state index in [1.54, 1.807) is 30.3 Å². The Morgan fingerprint density at radius 2 is 2.04 bits per heavy atom. The molecular weight excluding hydrogens is 330 g/mol. The Hall–Kier alpha value is -2.77. The van der Waals surface area contributed by atoms with Gasteiger partial charge in [-0.3, -0.25) is 4.79 Å². The summed E-state index contributed by atoms with van der Waals surface area (Å²) in [4.78, 5) is 12.4. The highest BCUT2D eigenvalue weighted by Gasteiger charge is 2.14. The van der Waals surface area contributed by atoms with Crippen LogP contribution in [0.25, 0.3) is 5.69 Å². The Morgan fingerprint density at radius 3 is 2.75 bits per heavy atom. The first-order chi connectivity index (χ1) is 11.6. The maximum Gasteiger partial charge on any atom is 0.252 e. The molecule has 3 rings (SSSR count). The fourth-order valence-corrected chi connectivity index (χ4v) is 2.39. The van der Waals surface area contributed by atoms with Crippen molar-refractivity contribution < 1.29 is 9.90 Å². The Labute approximate surface area is 142 Å². The molecule has 0 aliphatic heterocycles. The summed E-state index contributed by atoms with van der Waals surface area (Å²) in [6.07, 6.45) is 0.626. The first kappa shape index (κ1) is 16.1. The van der Waals surface area contributed by atoms with Crippen LogP contribution in [0.15, 0.2) is 54.9 Å². The Morgan fingerprint density at radius 1 is 1.25 bits per heavy atom. The molecule has 0 bridgehead atoms. The zero-order chi connectivity index (χ0) is 16.9. The monoisotopic (exact) mass is 343 g/mol. The fourth-order valence-electron chi connectivity index (χ4n) is 2.19. The van der Waals surface area contributed by atoms with Crippen molar-refractivity contribution in [3.05, 3.63) is 71.0 Å². The van der Waals surface area contributed by atoms with E-state index >= 15 is 0 Å². The second-order valence-corrected chi connectivity index (χ2v) is 5.46. The molecular formula is C16H14ClN5O2. The highest BCUT2D eigenvalue weighted by Crippen LogP contribution is 2.20. The number of halogens is 1. The maximum atomic E-state index is 12.4. The van der Waals surface area contributed by atoms with Crippen molar-refractivity contribution in [2.75, 3.05) is 6.54 Å². The minimum absolute atomic E-state index is 0.0777. The summed E-state index contributed by atoms with van der Waals surface area (Å²) in [5.74, 6) is -0.384. The van der Waals surface area contributed by atoms with Gasteiger partial charge in [-0.25, -0.2) is 4.68 Å². The fraction of sp³-hybridized carbons (Fsp3) is 0.125. The number of carbonyl (C=O) groups is 1. The van der Waals surface area contributed by atoms with E-state index in [0.717, 1.165) is 5.56 Å². The number of hydrogen-bond donors (Lipinski definition) is 2. The first-order valence-electron chi connectivity index (χ1n) is 7.19. The predicted molar refractivity (Wildman–Crippen MR) is 87.9 cm³/mol. The van der Waals surface area contributed by atoms with E-state index in [1.807, 2.05) is 18.2 Å². The average molecular weight is 344 g/mol. The van der Waals surface area contributed by atoms with Crippen LogP contribution in [0.4, 0.5) is 0 Å². The normalized spacial score (nSPS) is 11.9. The molecule has 1 amide bonds. The van der Waals surface area contributed by atoms with Crippen molar-refractivity contribution in [2.24, 2.45) is 0 Å². The van der Waals surface area contributed by atoms with Crippen LogP contribution in [-0.4, -0.2) is 37.8 Å². The molecule has 24 heavy (non-hydrogen) atoms. The van der Waals surface area contributed by atoms with Gasteiger partial charge in [0.15, 0.2) is 0 Å². The lowest BCUT2D eigenvalue weighted by Gasteiger charge is -2.13. The minimum atomic E-state index is -0.795. The van der Waals surface area contributed by atoms with Gasteiger partial charge in [0.05, 0.1) is 22.4 Å². The van der Waals surface area contributed by atoms with Gasteiger partial charge in [0, 0.05) is 6.54 Å². The third-order valence-corrected chi connectivity index (χ3v) is 3.78. The van der Waals surface area contributed by atoms with Crippen LogP contribution in [0, 0.1) is 0 Å². The lowest BCUT2D eigenvalue weighted by atomic mass is 10.1. The van der Waals surface area contributed by atoms with Gasteiger partial charge in [-0.2, -0.15) is 0 Å². The summed E-state index contributed by atoms with van der Waals surface area (Å²) in [5.41, 5.74) is 1.62. The number of hydrogen-bond acceptors (Lipinski definition) is 5. The van der Waals surface area contributed by atoms with Crippen LogP contribution >= 0.6 is 11.6 Å². The largest absolute Gasteiger partial charge is 0.387 e. The molecule has 0 fully saturated rings. The van der Waals surface area contributed by atoms with Crippen molar-refractivity contribution in [3.8, 4) is 5.69 Å². The molecule has 0 radical (unpaired) electrons. The second-order valence-electron chi connectivity index (χ2n) is 5.06. The number of aliphatic hydroxyl groups excluding tert-OH is 1. The van der Waals surface area contributed by atoms with Crippen molar-refractivity contribution in [2.45, 2.75) is 6.10 Å². The van der Waals surface area contributed by atoms with Gasteiger partial charge in [-0.1, -0.05) is 41.9 Å². The average Bonchev–Trinajstić information content (AvgIpc) is 3.15. The summed E-state index contributed by atoms with van der Waals surface area (Å²) in [5, 5.41) is 24.0. The van der Waals surface area contributed by atoms with Gasteiger partial charge in [-0.15, -0.1) is 5.10 Å². The number of nitrogens with one attached hydrogen (secondary N) is 1. The predicted octanol–water partition coefficient (Wildman–Crippen LogP) is 1.78. The molecule has 1 aromatic heterocycles. The van der Waals surface area contributed by atoms with E-state index in [2.05, 4.69) is 20.8 Å². The maximum absolute atomic E-state index is 12.4. The minimum Gasteiger partial charge on any atom is -0.387 e. The smallest absolute Gasteiger partial charge is 0.252 e. The summed E-state index contributed by atoms with van der Waals surface area (Å²) < 4.78 is 1.42. The van der Waals surface area contributed by atoms with Crippen LogP contribution in [0.5, 0.6) is 0 Å². The molecule has 0 saturated carbocycles. The van der Waals surface area contributed by atoms with Gasteiger partial charge < -0.3 is 10.4 Å². The van der Waals surface area contributed by atoms with Crippen LogP contribution in [0.2, 0.25) is 5.02 Å². The van der Waals surface area contributed by atoms with Crippen molar-refractivity contribution >= 4 is 17.5 Å².